The minimum atomic E-state index is 0.597. The molecule has 0 fully saturated rings. The third kappa shape index (κ3) is 3.36. The van der Waals surface area contributed by atoms with Crippen molar-refractivity contribution in [1.29, 1.82) is 0 Å². The van der Waals surface area contributed by atoms with E-state index in [0.29, 0.717) is 5.02 Å². The van der Waals surface area contributed by atoms with Crippen LogP contribution < -0.4 is 0 Å². The van der Waals surface area contributed by atoms with Gasteiger partial charge in [0.1, 0.15) is 0 Å². The standard InChI is InChI=1S/C11H14ClN3/c1-8(2)14-15(4)9(3)10-5-11(12)7-13-6-10/h5-7H,3H2,1-2,4H3. The predicted molar refractivity (Wildman–Crippen MR) is 64.8 cm³/mol. The van der Waals surface area contributed by atoms with Gasteiger partial charge in [-0.15, -0.1) is 0 Å². The summed E-state index contributed by atoms with van der Waals surface area (Å²) in [4.78, 5) is 4.00. The first kappa shape index (κ1) is 11.7. The lowest BCUT2D eigenvalue weighted by molar-refractivity contribution is 0.516. The molecule has 0 aliphatic carbocycles. The van der Waals surface area contributed by atoms with Crippen molar-refractivity contribution < 1.29 is 0 Å². The second-order valence-electron chi connectivity index (χ2n) is 3.41. The van der Waals surface area contributed by atoms with E-state index in [0.717, 1.165) is 17.0 Å². The van der Waals surface area contributed by atoms with Gasteiger partial charge in [-0.2, -0.15) is 5.10 Å². The normalized spacial score (nSPS) is 9.60. The maximum Gasteiger partial charge on any atom is 0.0607 e. The largest absolute Gasteiger partial charge is 0.269 e. The molecule has 1 aromatic heterocycles. The van der Waals surface area contributed by atoms with Crippen LogP contribution in [0.1, 0.15) is 19.4 Å². The van der Waals surface area contributed by atoms with Gasteiger partial charge in [0.15, 0.2) is 0 Å². The summed E-state index contributed by atoms with van der Waals surface area (Å²) in [7, 11) is 1.84. The van der Waals surface area contributed by atoms with Crippen molar-refractivity contribution in [2.24, 2.45) is 5.10 Å². The Hall–Kier alpha value is -1.35. The van der Waals surface area contributed by atoms with Crippen molar-refractivity contribution in [2.45, 2.75) is 13.8 Å². The van der Waals surface area contributed by atoms with E-state index in [4.69, 9.17) is 11.6 Å². The zero-order valence-corrected chi connectivity index (χ0v) is 9.91. The first-order valence-electron chi connectivity index (χ1n) is 4.56. The molecule has 0 spiro atoms. The van der Waals surface area contributed by atoms with Crippen LogP contribution in [0.3, 0.4) is 0 Å². The molecule has 4 heteroatoms. The van der Waals surface area contributed by atoms with E-state index in [2.05, 4.69) is 16.7 Å². The molecule has 0 aromatic carbocycles. The van der Waals surface area contributed by atoms with Crippen LogP contribution in [0.15, 0.2) is 30.1 Å². The van der Waals surface area contributed by atoms with E-state index in [1.54, 1.807) is 17.4 Å². The predicted octanol–water partition coefficient (Wildman–Crippen LogP) is 3.03. The van der Waals surface area contributed by atoms with E-state index in [1.165, 1.54) is 0 Å². The molecule has 15 heavy (non-hydrogen) atoms. The van der Waals surface area contributed by atoms with Crippen LogP contribution in [0.5, 0.6) is 0 Å². The fourth-order valence-corrected chi connectivity index (χ4v) is 1.29. The molecule has 0 aliphatic heterocycles. The van der Waals surface area contributed by atoms with Gasteiger partial charge in [0.2, 0.25) is 0 Å². The highest BCUT2D eigenvalue weighted by atomic mass is 35.5. The molecule has 0 bridgehead atoms. The second-order valence-corrected chi connectivity index (χ2v) is 3.85. The highest BCUT2D eigenvalue weighted by molar-refractivity contribution is 6.30. The van der Waals surface area contributed by atoms with Gasteiger partial charge < -0.3 is 0 Å². The van der Waals surface area contributed by atoms with Gasteiger partial charge >= 0.3 is 0 Å². The van der Waals surface area contributed by atoms with Gasteiger partial charge in [-0.05, 0) is 19.9 Å². The molecule has 0 amide bonds. The highest BCUT2D eigenvalue weighted by Gasteiger charge is 2.04. The maximum atomic E-state index is 5.84. The van der Waals surface area contributed by atoms with Crippen LogP contribution in [0, 0.1) is 0 Å². The monoisotopic (exact) mass is 223 g/mol. The molecule has 3 nitrogen and oxygen atoms in total. The Bertz CT molecular complexity index is 395. The van der Waals surface area contributed by atoms with Crippen LogP contribution >= 0.6 is 11.6 Å². The zero-order chi connectivity index (χ0) is 11.4. The first-order valence-corrected chi connectivity index (χ1v) is 4.94. The third-order valence-corrected chi connectivity index (χ3v) is 1.99. The Balaban J connectivity index is 2.90. The molecular formula is C11H14ClN3. The molecule has 0 radical (unpaired) electrons. The summed E-state index contributed by atoms with van der Waals surface area (Å²) in [5, 5.41) is 6.57. The number of hydrazone groups is 1. The SMILES string of the molecule is C=C(c1cncc(Cl)c1)N(C)N=C(C)C. The molecule has 0 N–H and O–H groups in total. The van der Waals surface area contributed by atoms with Crippen molar-refractivity contribution in [3.8, 4) is 0 Å². The summed E-state index contributed by atoms with van der Waals surface area (Å²) in [6, 6.07) is 1.81. The van der Waals surface area contributed by atoms with Crippen LogP contribution in [0.25, 0.3) is 5.70 Å². The van der Waals surface area contributed by atoms with Crippen molar-refractivity contribution in [1.82, 2.24) is 9.99 Å². The fraction of sp³-hybridized carbons (Fsp3) is 0.273. The minimum absolute atomic E-state index is 0.597. The van der Waals surface area contributed by atoms with Crippen molar-refractivity contribution >= 4 is 23.0 Å². The Morgan fingerprint density at radius 1 is 1.47 bits per heavy atom. The molecule has 1 aromatic rings. The van der Waals surface area contributed by atoms with Gasteiger partial charge in [0.25, 0.3) is 0 Å². The minimum Gasteiger partial charge on any atom is -0.269 e. The summed E-state index contributed by atoms with van der Waals surface area (Å²) in [5.74, 6) is 0. The molecular weight excluding hydrogens is 210 g/mol. The number of aromatic nitrogens is 1. The van der Waals surface area contributed by atoms with Crippen LogP contribution in [-0.2, 0) is 0 Å². The average Bonchev–Trinajstić information content (AvgIpc) is 2.15. The summed E-state index contributed by atoms with van der Waals surface area (Å²) in [6.45, 7) is 7.80. The molecule has 0 saturated heterocycles. The number of pyridine rings is 1. The number of hydrogen-bond donors (Lipinski definition) is 0. The Morgan fingerprint density at radius 3 is 2.67 bits per heavy atom. The van der Waals surface area contributed by atoms with Gasteiger partial charge in [-0.25, -0.2) is 0 Å². The lowest BCUT2D eigenvalue weighted by Crippen LogP contribution is -2.10. The van der Waals surface area contributed by atoms with Gasteiger partial charge in [0, 0.05) is 30.7 Å². The van der Waals surface area contributed by atoms with Gasteiger partial charge in [-0.3, -0.25) is 9.99 Å². The third-order valence-electron chi connectivity index (χ3n) is 1.78. The van der Waals surface area contributed by atoms with Gasteiger partial charge in [-0.1, -0.05) is 18.2 Å². The van der Waals surface area contributed by atoms with Crippen molar-refractivity contribution in [3.05, 3.63) is 35.6 Å². The Labute approximate surface area is 95.1 Å². The Kier molecular flexibility index (Phi) is 3.86. The number of nitrogens with zero attached hydrogens (tertiary/aromatic N) is 3. The molecule has 0 aliphatic rings. The topological polar surface area (TPSA) is 28.5 Å². The van der Waals surface area contributed by atoms with Crippen molar-refractivity contribution in [3.63, 3.8) is 0 Å². The quantitative estimate of drug-likeness (QED) is 0.582. The summed E-state index contributed by atoms with van der Waals surface area (Å²) < 4.78 is 0. The lowest BCUT2D eigenvalue weighted by atomic mass is 10.2. The van der Waals surface area contributed by atoms with E-state index in [9.17, 15) is 0 Å². The molecule has 1 rings (SSSR count). The number of halogens is 1. The molecule has 0 atom stereocenters. The maximum absolute atomic E-state index is 5.84. The lowest BCUT2D eigenvalue weighted by Gasteiger charge is -2.16. The first-order chi connectivity index (χ1) is 7.00. The van der Waals surface area contributed by atoms with Crippen LogP contribution in [-0.4, -0.2) is 22.8 Å². The molecule has 1 heterocycles. The zero-order valence-electron chi connectivity index (χ0n) is 9.16. The Morgan fingerprint density at radius 2 is 2.13 bits per heavy atom. The van der Waals surface area contributed by atoms with Crippen molar-refractivity contribution in [2.75, 3.05) is 7.05 Å². The van der Waals surface area contributed by atoms with Gasteiger partial charge in [0.05, 0.1) is 10.7 Å². The van der Waals surface area contributed by atoms with E-state index < -0.39 is 0 Å². The second kappa shape index (κ2) is 4.94. The number of hydrogen-bond acceptors (Lipinski definition) is 3. The smallest absolute Gasteiger partial charge is 0.0607 e. The average molecular weight is 224 g/mol. The fourth-order valence-electron chi connectivity index (χ4n) is 1.12. The molecule has 0 unspecified atom stereocenters. The van der Waals surface area contributed by atoms with E-state index in [-0.39, 0.29) is 0 Å². The number of rotatable bonds is 3. The van der Waals surface area contributed by atoms with Crippen LogP contribution in [0.2, 0.25) is 5.02 Å². The van der Waals surface area contributed by atoms with E-state index >= 15 is 0 Å². The molecule has 80 valence electrons. The summed E-state index contributed by atoms with van der Waals surface area (Å²) >= 11 is 5.84. The van der Waals surface area contributed by atoms with E-state index in [1.807, 2.05) is 27.0 Å². The molecule has 0 saturated carbocycles. The summed E-state index contributed by atoms with van der Waals surface area (Å²) in [6.07, 6.45) is 3.30. The van der Waals surface area contributed by atoms with Crippen LogP contribution in [0.4, 0.5) is 0 Å². The highest BCUT2D eigenvalue weighted by Crippen LogP contribution is 2.18. The summed E-state index contributed by atoms with van der Waals surface area (Å²) in [5.41, 5.74) is 2.61.